The molecule has 1 saturated carbocycles. The van der Waals surface area contributed by atoms with Crippen molar-refractivity contribution in [3.63, 3.8) is 0 Å². The standard InChI is InChI=1S/C13H17NO2/c15-13(16)7-8-14-9-10-1-3-11(4-2-10)12-5-6-12/h1-4,12,14H,5-9H2,(H,15,16). The summed E-state index contributed by atoms with van der Waals surface area (Å²) in [6.07, 6.45) is 2.84. The summed E-state index contributed by atoms with van der Waals surface area (Å²) >= 11 is 0. The molecule has 1 aromatic rings. The van der Waals surface area contributed by atoms with Gasteiger partial charge in [-0.25, -0.2) is 0 Å². The van der Waals surface area contributed by atoms with Crippen molar-refractivity contribution in [3.8, 4) is 0 Å². The summed E-state index contributed by atoms with van der Waals surface area (Å²) in [5, 5.41) is 11.6. The Morgan fingerprint density at radius 3 is 2.56 bits per heavy atom. The third-order valence-corrected chi connectivity index (χ3v) is 2.87. The summed E-state index contributed by atoms with van der Waals surface area (Å²) in [6, 6.07) is 8.63. The largest absolute Gasteiger partial charge is 0.481 e. The van der Waals surface area contributed by atoms with Crippen molar-refractivity contribution < 1.29 is 9.90 Å². The molecule has 0 amide bonds. The van der Waals surface area contributed by atoms with Gasteiger partial charge in [0.1, 0.15) is 0 Å². The fraction of sp³-hybridized carbons (Fsp3) is 0.462. The fourth-order valence-corrected chi connectivity index (χ4v) is 1.75. The Morgan fingerprint density at radius 1 is 1.31 bits per heavy atom. The van der Waals surface area contributed by atoms with Gasteiger partial charge in [0.2, 0.25) is 0 Å². The number of rotatable bonds is 6. The molecule has 0 aromatic heterocycles. The number of carboxylic acids is 1. The van der Waals surface area contributed by atoms with Crippen LogP contribution in [0, 0.1) is 0 Å². The zero-order valence-electron chi connectivity index (χ0n) is 9.28. The first-order chi connectivity index (χ1) is 7.75. The van der Waals surface area contributed by atoms with Crippen LogP contribution in [-0.2, 0) is 11.3 Å². The topological polar surface area (TPSA) is 49.3 Å². The average Bonchev–Trinajstić information content (AvgIpc) is 3.09. The molecule has 3 heteroatoms. The minimum Gasteiger partial charge on any atom is -0.481 e. The van der Waals surface area contributed by atoms with Crippen molar-refractivity contribution in [2.45, 2.75) is 31.7 Å². The first-order valence-electron chi connectivity index (χ1n) is 5.77. The number of hydrogen-bond acceptors (Lipinski definition) is 2. The molecule has 0 spiro atoms. The predicted octanol–water partition coefficient (Wildman–Crippen LogP) is 2.13. The lowest BCUT2D eigenvalue weighted by Gasteiger charge is -2.04. The van der Waals surface area contributed by atoms with Crippen LogP contribution in [0.4, 0.5) is 0 Å². The quantitative estimate of drug-likeness (QED) is 0.720. The van der Waals surface area contributed by atoms with E-state index in [4.69, 9.17) is 5.11 Å². The monoisotopic (exact) mass is 219 g/mol. The third-order valence-electron chi connectivity index (χ3n) is 2.87. The number of benzene rings is 1. The number of hydrogen-bond donors (Lipinski definition) is 2. The minimum absolute atomic E-state index is 0.181. The molecule has 0 heterocycles. The maximum atomic E-state index is 10.3. The molecule has 0 atom stereocenters. The molecule has 86 valence electrons. The van der Waals surface area contributed by atoms with E-state index in [0.29, 0.717) is 6.54 Å². The molecule has 1 fully saturated rings. The summed E-state index contributed by atoms with van der Waals surface area (Å²) in [7, 11) is 0. The molecule has 0 bridgehead atoms. The van der Waals surface area contributed by atoms with E-state index in [9.17, 15) is 4.79 Å². The highest BCUT2D eigenvalue weighted by Gasteiger charge is 2.22. The summed E-state index contributed by atoms with van der Waals surface area (Å²) in [4.78, 5) is 10.3. The summed E-state index contributed by atoms with van der Waals surface area (Å²) in [6.45, 7) is 1.28. The minimum atomic E-state index is -0.753. The molecule has 1 aliphatic rings. The first-order valence-corrected chi connectivity index (χ1v) is 5.77. The van der Waals surface area contributed by atoms with Crippen LogP contribution < -0.4 is 5.32 Å². The van der Waals surface area contributed by atoms with E-state index in [1.54, 1.807) is 0 Å². The lowest BCUT2D eigenvalue weighted by molar-refractivity contribution is -0.136. The molecule has 1 aromatic carbocycles. The van der Waals surface area contributed by atoms with Gasteiger partial charge >= 0.3 is 5.97 Å². The second-order valence-corrected chi connectivity index (χ2v) is 4.34. The zero-order chi connectivity index (χ0) is 11.4. The van der Waals surface area contributed by atoms with Gasteiger partial charge in [0, 0.05) is 13.1 Å². The van der Waals surface area contributed by atoms with Crippen LogP contribution in [0.3, 0.4) is 0 Å². The lowest BCUT2D eigenvalue weighted by Crippen LogP contribution is -2.17. The summed E-state index contributed by atoms with van der Waals surface area (Å²) in [5.41, 5.74) is 2.66. The van der Waals surface area contributed by atoms with Crippen LogP contribution in [0.25, 0.3) is 0 Å². The fourth-order valence-electron chi connectivity index (χ4n) is 1.75. The Labute approximate surface area is 95.5 Å². The van der Waals surface area contributed by atoms with E-state index in [1.165, 1.54) is 24.0 Å². The maximum Gasteiger partial charge on any atom is 0.304 e. The van der Waals surface area contributed by atoms with Crippen LogP contribution >= 0.6 is 0 Å². The van der Waals surface area contributed by atoms with Crippen LogP contribution in [0.15, 0.2) is 24.3 Å². The van der Waals surface area contributed by atoms with Crippen molar-refractivity contribution in [1.82, 2.24) is 5.32 Å². The Balaban J connectivity index is 1.74. The van der Waals surface area contributed by atoms with Gasteiger partial charge in [-0.1, -0.05) is 24.3 Å². The Morgan fingerprint density at radius 2 is 2.00 bits per heavy atom. The van der Waals surface area contributed by atoms with Gasteiger partial charge in [0.25, 0.3) is 0 Å². The molecule has 0 unspecified atom stereocenters. The Bertz CT molecular complexity index is 355. The molecule has 16 heavy (non-hydrogen) atoms. The van der Waals surface area contributed by atoms with Gasteiger partial charge in [-0.3, -0.25) is 4.79 Å². The molecule has 1 aliphatic carbocycles. The Kier molecular flexibility index (Phi) is 3.57. The SMILES string of the molecule is O=C(O)CCNCc1ccc(C2CC2)cc1. The lowest BCUT2D eigenvalue weighted by atomic mass is 10.1. The zero-order valence-corrected chi connectivity index (χ0v) is 9.28. The summed E-state index contributed by atoms with van der Waals surface area (Å²) < 4.78 is 0. The van der Waals surface area contributed by atoms with Crippen LogP contribution in [0.5, 0.6) is 0 Å². The van der Waals surface area contributed by atoms with Gasteiger partial charge in [-0.05, 0) is 29.9 Å². The normalized spacial score (nSPS) is 15.0. The first kappa shape index (κ1) is 11.1. The highest BCUT2D eigenvalue weighted by atomic mass is 16.4. The summed E-state index contributed by atoms with van der Waals surface area (Å²) in [5.74, 6) is 0.0469. The van der Waals surface area contributed by atoms with Gasteiger partial charge in [-0.15, -0.1) is 0 Å². The molecule has 0 saturated heterocycles. The molecule has 0 aliphatic heterocycles. The van der Waals surface area contributed by atoms with Crippen molar-refractivity contribution in [2.24, 2.45) is 0 Å². The van der Waals surface area contributed by atoms with Crippen molar-refractivity contribution in [2.75, 3.05) is 6.54 Å². The predicted molar refractivity (Wildman–Crippen MR) is 62.4 cm³/mol. The van der Waals surface area contributed by atoms with Crippen molar-refractivity contribution in [1.29, 1.82) is 0 Å². The Hall–Kier alpha value is -1.35. The van der Waals surface area contributed by atoms with Crippen LogP contribution in [0.2, 0.25) is 0 Å². The highest BCUT2D eigenvalue weighted by molar-refractivity contribution is 5.66. The van der Waals surface area contributed by atoms with E-state index < -0.39 is 5.97 Å². The van der Waals surface area contributed by atoms with Crippen molar-refractivity contribution in [3.05, 3.63) is 35.4 Å². The van der Waals surface area contributed by atoms with Crippen LogP contribution in [0.1, 0.15) is 36.3 Å². The van der Waals surface area contributed by atoms with Gasteiger partial charge in [0.05, 0.1) is 6.42 Å². The van der Waals surface area contributed by atoms with E-state index in [2.05, 4.69) is 29.6 Å². The molecule has 0 radical (unpaired) electrons. The average molecular weight is 219 g/mol. The maximum absolute atomic E-state index is 10.3. The number of carboxylic acid groups (broad SMARTS) is 1. The van der Waals surface area contributed by atoms with E-state index >= 15 is 0 Å². The third kappa shape index (κ3) is 3.35. The van der Waals surface area contributed by atoms with Gasteiger partial charge in [-0.2, -0.15) is 0 Å². The van der Waals surface area contributed by atoms with Gasteiger partial charge in [0.15, 0.2) is 0 Å². The molecule has 3 nitrogen and oxygen atoms in total. The second kappa shape index (κ2) is 5.12. The smallest absolute Gasteiger partial charge is 0.304 e. The van der Waals surface area contributed by atoms with Gasteiger partial charge < -0.3 is 10.4 Å². The van der Waals surface area contributed by atoms with Crippen molar-refractivity contribution >= 4 is 5.97 Å². The number of aliphatic carboxylic acids is 1. The molecular formula is C13H17NO2. The molecule has 2 N–H and O–H groups in total. The highest BCUT2D eigenvalue weighted by Crippen LogP contribution is 2.39. The number of carbonyl (C=O) groups is 1. The number of nitrogens with one attached hydrogen (secondary N) is 1. The van der Waals surface area contributed by atoms with E-state index in [1.807, 2.05) is 0 Å². The molecule has 2 rings (SSSR count). The molecular weight excluding hydrogens is 202 g/mol. The second-order valence-electron chi connectivity index (χ2n) is 4.34. The van der Waals surface area contributed by atoms with Crippen LogP contribution in [-0.4, -0.2) is 17.6 Å². The van der Waals surface area contributed by atoms with E-state index in [0.717, 1.165) is 12.5 Å². The van der Waals surface area contributed by atoms with E-state index in [-0.39, 0.29) is 6.42 Å².